The molecule has 0 spiro atoms. The smallest absolute Gasteiger partial charge is 0.253 e. The second-order valence-electron chi connectivity index (χ2n) is 8.00. The molecule has 0 unspecified atom stereocenters. The number of hydrogen-bond donors (Lipinski definition) is 1. The van der Waals surface area contributed by atoms with Crippen LogP contribution >= 0.6 is 0 Å². The summed E-state index contributed by atoms with van der Waals surface area (Å²) in [5.41, 5.74) is 4.06. The second-order valence-corrected chi connectivity index (χ2v) is 10.0. The van der Waals surface area contributed by atoms with E-state index >= 15 is 0 Å². The number of sulfonamides is 1. The Labute approximate surface area is 199 Å². The Balaban J connectivity index is 1.42. The van der Waals surface area contributed by atoms with Gasteiger partial charge in [-0.15, -0.1) is 0 Å². The molecule has 0 bridgehead atoms. The minimum Gasteiger partial charge on any atom is -0.370 e. The van der Waals surface area contributed by atoms with Gasteiger partial charge in [-0.25, -0.2) is 18.4 Å². The highest BCUT2D eigenvalue weighted by molar-refractivity contribution is 7.92. The number of benzene rings is 2. The van der Waals surface area contributed by atoms with E-state index < -0.39 is 10.0 Å². The summed E-state index contributed by atoms with van der Waals surface area (Å²) in [6, 6.07) is 16.8. The molecule has 0 radical (unpaired) electrons. The van der Waals surface area contributed by atoms with Crippen molar-refractivity contribution in [2.45, 2.75) is 12.8 Å². The standard InChI is InChI=1S/C24H27N5O4S/c1-28(34(2,31)32)22-6-4-3-5-18(22)7-8-20-13-14-25-24(27-20)26-19-9-11-21(12-10-19)29-15-16-33-17-23(29)30/h3-6,9-14H,7-8,15-17H2,1-2H3,(H,25,26,27). The summed E-state index contributed by atoms with van der Waals surface area (Å²) in [5.74, 6) is 0.418. The van der Waals surface area contributed by atoms with Crippen LogP contribution in [0.3, 0.4) is 0 Å². The number of carbonyl (C=O) groups is 1. The van der Waals surface area contributed by atoms with E-state index in [1.807, 2.05) is 48.5 Å². The van der Waals surface area contributed by atoms with E-state index in [9.17, 15) is 13.2 Å². The van der Waals surface area contributed by atoms with Crippen LogP contribution in [0.2, 0.25) is 0 Å². The molecule has 0 aliphatic carbocycles. The lowest BCUT2D eigenvalue weighted by molar-refractivity contribution is -0.125. The van der Waals surface area contributed by atoms with Gasteiger partial charge in [-0.1, -0.05) is 18.2 Å². The van der Waals surface area contributed by atoms with Gasteiger partial charge < -0.3 is 15.0 Å². The molecular weight excluding hydrogens is 454 g/mol. The summed E-state index contributed by atoms with van der Waals surface area (Å²) in [5, 5.41) is 3.20. The first-order valence-corrected chi connectivity index (χ1v) is 12.7. The van der Waals surface area contributed by atoms with E-state index in [-0.39, 0.29) is 12.5 Å². The van der Waals surface area contributed by atoms with Gasteiger partial charge in [0.15, 0.2) is 0 Å². The lowest BCUT2D eigenvalue weighted by Crippen LogP contribution is -2.41. The largest absolute Gasteiger partial charge is 0.370 e. The van der Waals surface area contributed by atoms with Gasteiger partial charge in [0.05, 0.1) is 18.6 Å². The Hall–Kier alpha value is -3.50. The zero-order valence-corrected chi connectivity index (χ0v) is 20.0. The number of ether oxygens (including phenoxy) is 1. The number of hydrogen-bond acceptors (Lipinski definition) is 7. The first-order valence-electron chi connectivity index (χ1n) is 10.9. The lowest BCUT2D eigenvalue weighted by Gasteiger charge is -2.26. The van der Waals surface area contributed by atoms with Gasteiger partial charge in [0.2, 0.25) is 16.0 Å². The van der Waals surface area contributed by atoms with Crippen LogP contribution in [0.1, 0.15) is 11.3 Å². The monoisotopic (exact) mass is 481 g/mol. The summed E-state index contributed by atoms with van der Waals surface area (Å²) >= 11 is 0. The van der Waals surface area contributed by atoms with Crippen LogP contribution in [-0.2, 0) is 32.4 Å². The topological polar surface area (TPSA) is 105 Å². The highest BCUT2D eigenvalue weighted by Crippen LogP contribution is 2.24. The normalized spacial score (nSPS) is 14.2. The fourth-order valence-electron chi connectivity index (χ4n) is 3.71. The minimum atomic E-state index is -3.35. The van der Waals surface area contributed by atoms with E-state index in [4.69, 9.17) is 4.74 Å². The van der Waals surface area contributed by atoms with Gasteiger partial charge in [-0.3, -0.25) is 9.10 Å². The quantitative estimate of drug-likeness (QED) is 0.527. The maximum absolute atomic E-state index is 12.0. The number of para-hydroxylation sites is 1. The summed E-state index contributed by atoms with van der Waals surface area (Å²) < 4.78 is 30.4. The zero-order valence-electron chi connectivity index (χ0n) is 19.1. The predicted octanol–water partition coefficient (Wildman–Crippen LogP) is 2.76. The number of aryl methyl sites for hydroxylation is 2. The van der Waals surface area contributed by atoms with Crippen LogP contribution in [0, 0.1) is 0 Å². The van der Waals surface area contributed by atoms with E-state index in [1.165, 1.54) is 10.6 Å². The fraction of sp³-hybridized carbons (Fsp3) is 0.292. The molecule has 2 heterocycles. The van der Waals surface area contributed by atoms with Gasteiger partial charge in [0.1, 0.15) is 6.61 Å². The molecule has 4 rings (SSSR count). The molecule has 1 N–H and O–H groups in total. The predicted molar refractivity (Wildman–Crippen MR) is 132 cm³/mol. The summed E-state index contributed by atoms with van der Waals surface area (Å²) in [6.07, 6.45) is 4.15. The van der Waals surface area contributed by atoms with Gasteiger partial charge in [-0.05, 0) is 54.8 Å². The maximum Gasteiger partial charge on any atom is 0.253 e. The maximum atomic E-state index is 12.0. The van der Waals surface area contributed by atoms with Crippen LogP contribution in [0.25, 0.3) is 0 Å². The van der Waals surface area contributed by atoms with Crippen molar-refractivity contribution < 1.29 is 17.9 Å². The van der Waals surface area contributed by atoms with Crippen LogP contribution in [-0.4, -0.2) is 57.4 Å². The zero-order chi connectivity index (χ0) is 24.1. The highest BCUT2D eigenvalue weighted by atomic mass is 32.2. The molecule has 0 saturated carbocycles. The Kier molecular flexibility index (Phi) is 7.09. The summed E-state index contributed by atoms with van der Waals surface area (Å²) in [6.45, 7) is 1.18. The van der Waals surface area contributed by atoms with Crippen molar-refractivity contribution in [3.05, 3.63) is 72.1 Å². The van der Waals surface area contributed by atoms with Crippen molar-refractivity contribution in [3.63, 3.8) is 0 Å². The third-order valence-corrected chi connectivity index (χ3v) is 6.80. The van der Waals surface area contributed by atoms with Gasteiger partial charge in [0, 0.05) is 36.9 Å². The Bertz CT molecular complexity index is 1260. The van der Waals surface area contributed by atoms with Crippen LogP contribution in [0.5, 0.6) is 0 Å². The van der Waals surface area contributed by atoms with Crippen LogP contribution in [0.4, 0.5) is 23.0 Å². The molecule has 9 nitrogen and oxygen atoms in total. The van der Waals surface area contributed by atoms with Crippen LogP contribution in [0.15, 0.2) is 60.8 Å². The molecule has 34 heavy (non-hydrogen) atoms. The van der Waals surface area contributed by atoms with Gasteiger partial charge in [0.25, 0.3) is 5.91 Å². The second kappa shape index (κ2) is 10.2. The fourth-order valence-corrected chi connectivity index (χ4v) is 4.25. The van der Waals surface area contributed by atoms with Crippen molar-refractivity contribution in [2.75, 3.05) is 47.6 Å². The molecule has 1 aliphatic heterocycles. The van der Waals surface area contributed by atoms with E-state index in [0.29, 0.717) is 37.6 Å². The van der Waals surface area contributed by atoms with Crippen molar-refractivity contribution in [2.24, 2.45) is 0 Å². The van der Waals surface area contributed by atoms with Gasteiger partial charge in [-0.2, -0.15) is 0 Å². The average molecular weight is 482 g/mol. The molecule has 1 aromatic heterocycles. The lowest BCUT2D eigenvalue weighted by atomic mass is 10.1. The first kappa shape index (κ1) is 23.7. The molecule has 1 saturated heterocycles. The molecule has 2 aromatic carbocycles. The Morgan fingerprint density at radius 2 is 1.85 bits per heavy atom. The number of anilines is 4. The molecule has 1 fully saturated rings. The number of aromatic nitrogens is 2. The molecule has 1 aliphatic rings. The Morgan fingerprint density at radius 3 is 2.59 bits per heavy atom. The molecule has 1 amide bonds. The number of rotatable bonds is 8. The Morgan fingerprint density at radius 1 is 1.09 bits per heavy atom. The highest BCUT2D eigenvalue weighted by Gasteiger charge is 2.20. The molecular formula is C24H27N5O4S. The number of nitrogens with zero attached hydrogens (tertiary/aromatic N) is 4. The molecule has 10 heteroatoms. The molecule has 178 valence electrons. The average Bonchev–Trinajstić information content (AvgIpc) is 2.83. The van der Waals surface area contributed by atoms with E-state index in [0.717, 1.165) is 22.6 Å². The molecule has 0 atom stereocenters. The van der Waals surface area contributed by atoms with Crippen molar-refractivity contribution in [3.8, 4) is 0 Å². The molecule has 3 aromatic rings. The summed E-state index contributed by atoms with van der Waals surface area (Å²) in [4.78, 5) is 22.6. The van der Waals surface area contributed by atoms with Crippen molar-refractivity contribution >= 4 is 38.9 Å². The van der Waals surface area contributed by atoms with Crippen molar-refractivity contribution in [1.82, 2.24) is 9.97 Å². The third kappa shape index (κ3) is 5.70. The number of morpholine rings is 1. The third-order valence-electron chi connectivity index (χ3n) is 5.61. The SMILES string of the molecule is CN(c1ccccc1CCc1ccnc(Nc2ccc(N3CCOCC3=O)cc2)n1)S(C)(=O)=O. The minimum absolute atomic E-state index is 0.0488. The van der Waals surface area contributed by atoms with E-state index in [1.54, 1.807) is 24.2 Å². The summed E-state index contributed by atoms with van der Waals surface area (Å²) in [7, 11) is -1.79. The number of amides is 1. The van der Waals surface area contributed by atoms with E-state index in [2.05, 4.69) is 15.3 Å². The van der Waals surface area contributed by atoms with Gasteiger partial charge >= 0.3 is 0 Å². The first-order chi connectivity index (χ1) is 16.3. The van der Waals surface area contributed by atoms with Crippen LogP contribution < -0.4 is 14.5 Å². The van der Waals surface area contributed by atoms with Crippen molar-refractivity contribution in [1.29, 1.82) is 0 Å². The number of carbonyl (C=O) groups excluding carboxylic acids is 1. The number of nitrogens with one attached hydrogen (secondary N) is 1.